The Morgan fingerprint density at radius 2 is 1.84 bits per heavy atom. The zero-order valence-corrected chi connectivity index (χ0v) is 12.2. The standard InChI is InChI=1S/C14H23NO3S/c1-2-19-12-8-4-7-11(12)15-13(16)9-5-3-6-10(9)14(17)18/h9-12H,2-8H2,1H3,(H,15,16)(H,17,18). The van der Waals surface area contributed by atoms with E-state index >= 15 is 0 Å². The Morgan fingerprint density at radius 3 is 2.53 bits per heavy atom. The maximum atomic E-state index is 12.3. The first-order valence-electron chi connectivity index (χ1n) is 7.28. The highest BCUT2D eigenvalue weighted by molar-refractivity contribution is 7.99. The number of amides is 1. The van der Waals surface area contributed by atoms with Crippen LogP contribution in [0.4, 0.5) is 0 Å². The van der Waals surface area contributed by atoms with Crippen LogP contribution >= 0.6 is 11.8 Å². The molecule has 0 spiro atoms. The Labute approximate surface area is 118 Å². The molecule has 0 aromatic carbocycles. The lowest BCUT2D eigenvalue weighted by molar-refractivity contribution is -0.146. The summed E-state index contributed by atoms with van der Waals surface area (Å²) in [5, 5.41) is 12.8. The molecule has 4 unspecified atom stereocenters. The van der Waals surface area contributed by atoms with Gasteiger partial charge in [-0.2, -0.15) is 11.8 Å². The predicted molar refractivity (Wildman–Crippen MR) is 76.2 cm³/mol. The van der Waals surface area contributed by atoms with Gasteiger partial charge in [-0.3, -0.25) is 9.59 Å². The third-order valence-electron chi connectivity index (χ3n) is 4.33. The second kappa shape index (κ2) is 6.64. The highest BCUT2D eigenvalue weighted by Gasteiger charge is 2.39. The van der Waals surface area contributed by atoms with Gasteiger partial charge in [-0.05, 0) is 31.4 Å². The first kappa shape index (κ1) is 14.7. The van der Waals surface area contributed by atoms with Crippen LogP contribution in [0.3, 0.4) is 0 Å². The van der Waals surface area contributed by atoms with Crippen LogP contribution in [0.25, 0.3) is 0 Å². The average Bonchev–Trinajstić information content (AvgIpc) is 2.98. The molecule has 0 heterocycles. The van der Waals surface area contributed by atoms with Crippen molar-refractivity contribution in [3.8, 4) is 0 Å². The molecule has 0 radical (unpaired) electrons. The maximum Gasteiger partial charge on any atom is 0.307 e. The van der Waals surface area contributed by atoms with Crippen molar-refractivity contribution in [1.29, 1.82) is 0 Å². The minimum atomic E-state index is -0.816. The Hall–Kier alpha value is -0.710. The number of thioether (sulfide) groups is 1. The highest BCUT2D eigenvalue weighted by Crippen LogP contribution is 2.34. The van der Waals surface area contributed by atoms with Gasteiger partial charge < -0.3 is 10.4 Å². The summed E-state index contributed by atoms with van der Waals surface area (Å²) >= 11 is 1.91. The number of rotatable bonds is 5. The largest absolute Gasteiger partial charge is 0.481 e. The summed E-state index contributed by atoms with van der Waals surface area (Å²) in [6.45, 7) is 2.14. The van der Waals surface area contributed by atoms with Crippen LogP contribution in [0, 0.1) is 11.8 Å². The van der Waals surface area contributed by atoms with Gasteiger partial charge in [0.1, 0.15) is 0 Å². The van der Waals surface area contributed by atoms with Gasteiger partial charge in [0.25, 0.3) is 0 Å². The van der Waals surface area contributed by atoms with Gasteiger partial charge in [-0.25, -0.2) is 0 Å². The third-order valence-corrected chi connectivity index (χ3v) is 5.66. The number of aliphatic carboxylic acids is 1. The van der Waals surface area contributed by atoms with Gasteiger partial charge in [0.15, 0.2) is 0 Å². The number of hydrogen-bond donors (Lipinski definition) is 2. The van der Waals surface area contributed by atoms with Crippen molar-refractivity contribution in [2.75, 3.05) is 5.75 Å². The number of carbonyl (C=O) groups excluding carboxylic acids is 1. The van der Waals surface area contributed by atoms with Crippen molar-refractivity contribution < 1.29 is 14.7 Å². The lowest BCUT2D eigenvalue weighted by Gasteiger charge is -2.23. The minimum absolute atomic E-state index is 0.0292. The van der Waals surface area contributed by atoms with Crippen molar-refractivity contribution in [1.82, 2.24) is 5.32 Å². The molecule has 0 aliphatic heterocycles. The minimum Gasteiger partial charge on any atom is -0.481 e. The third kappa shape index (κ3) is 3.44. The Balaban J connectivity index is 1.91. The summed E-state index contributed by atoms with van der Waals surface area (Å²) in [4.78, 5) is 23.4. The molecule has 108 valence electrons. The molecule has 4 atom stereocenters. The van der Waals surface area contributed by atoms with E-state index < -0.39 is 11.9 Å². The van der Waals surface area contributed by atoms with Crippen LogP contribution in [-0.4, -0.2) is 34.0 Å². The molecule has 1 amide bonds. The Bertz CT molecular complexity index is 348. The summed E-state index contributed by atoms with van der Waals surface area (Å²) in [6, 6.07) is 0.243. The van der Waals surface area contributed by atoms with Crippen LogP contribution in [0.2, 0.25) is 0 Å². The number of carbonyl (C=O) groups is 2. The number of nitrogens with one attached hydrogen (secondary N) is 1. The summed E-state index contributed by atoms with van der Waals surface area (Å²) in [5.41, 5.74) is 0. The molecule has 0 aromatic heterocycles. The maximum absolute atomic E-state index is 12.3. The summed E-state index contributed by atoms with van der Waals surface area (Å²) in [7, 11) is 0. The molecule has 2 N–H and O–H groups in total. The van der Waals surface area contributed by atoms with Gasteiger partial charge >= 0.3 is 5.97 Å². The van der Waals surface area contributed by atoms with E-state index in [0.29, 0.717) is 11.7 Å². The zero-order chi connectivity index (χ0) is 13.8. The van der Waals surface area contributed by atoms with Crippen LogP contribution in [0.15, 0.2) is 0 Å². The highest BCUT2D eigenvalue weighted by atomic mass is 32.2. The van der Waals surface area contributed by atoms with E-state index in [0.717, 1.165) is 37.9 Å². The van der Waals surface area contributed by atoms with Crippen molar-refractivity contribution in [3.63, 3.8) is 0 Å². The second-order valence-corrected chi connectivity index (χ2v) is 7.04. The SMILES string of the molecule is CCSC1CCCC1NC(=O)C1CCCC1C(=O)O. The monoisotopic (exact) mass is 285 g/mol. The lowest BCUT2D eigenvalue weighted by Crippen LogP contribution is -2.43. The van der Waals surface area contributed by atoms with Crippen LogP contribution in [0.1, 0.15) is 45.4 Å². The first-order chi connectivity index (χ1) is 9.13. The van der Waals surface area contributed by atoms with E-state index in [1.165, 1.54) is 0 Å². The average molecular weight is 285 g/mol. The van der Waals surface area contributed by atoms with Crippen LogP contribution < -0.4 is 5.32 Å². The smallest absolute Gasteiger partial charge is 0.307 e. The molecular formula is C14H23NO3S. The van der Waals surface area contributed by atoms with Gasteiger partial charge in [-0.15, -0.1) is 0 Å². The molecule has 5 heteroatoms. The molecule has 19 heavy (non-hydrogen) atoms. The summed E-state index contributed by atoms with van der Waals surface area (Å²) in [6.07, 6.45) is 5.58. The molecule has 2 aliphatic rings. The quantitative estimate of drug-likeness (QED) is 0.813. The van der Waals surface area contributed by atoms with Gasteiger partial charge in [0, 0.05) is 11.3 Å². The lowest BCUT2D eigenvalue weighted by atomic mass is 9.95. The van der Waals surface area contributed by atoms with E-state index in [4.69, 9.17) is 5.11 Å². The molecule has 2 fully saturated rings. The van der Waals surface area contributed by atoms with E-state index in [9.17, 15) is 9.59 Å². The van der Waals surface area contributed by atoms with Crippen molar-refractivity contribution in [2.45, 2.75) is 56.7 Å². The topological polar surface area (TPSA) is 66.4 Å². The van der Waals surface area contributed by atoms with Crippen LogP contribution in [0.5, 0.6) is 0 Å². The summed E-state index contributed by atoms with van der Waals surface area (Å²) in [5.74, 6) is -0.566. The molecular weight excluding hydrogens is 262 g/mol. The van der Waals surface area contributed by atoms with E-state index in [1.54, 1.807) is 0 Å². The van der Waals surface area contributed by atoms with Crippen LogP contribution in [-0.2, 0) is 9.59 Å². The van der Waals surface area contributed by atoms with E-state index in [1.807, 2.05) is 11.8 Å². The second-order valence-electron chi connectivity index (χ2n) is 5.52. The fourth-order valence-electron chi connectivity index (χ4n) is 3.36. The van der Waals surface area contributed by atoms with E-state index in [-0.39, 0.29) is 17.9 Å². The van der Waals surface area contributed by atoms with E-state index in [2.05, 4.69) is 12.2 Å². The molecule has 0 saturated heterocycles. The molecule has 2 saturated carbocycles. The van der Waals surface area contributed by atoms with Gasteiger partial charge in [0.2, 0.25) is 5.91 Å². The number of carboxylic acid groups (broad SMARTS) is 1. The number of hydrogen-bond acceptors (Lipinski definition) is 3. The predicted octanol–water partition coefficient (Wildman–Crippen LogP) is 2.28. The fourth-order valence-corrected chi connectivity index (χ4v) is 4.56. The van der Waals surface area contributed by atoms with Crippen molar-refractivity contribution in [2.24, 2.45) is 11.8 Å². The first-order valence-corrected chi connectivity index (χ1v) is 8.33. The number of carboxylic acids is 1. The molecule has 2 rings (SSSR count). The molecule has 0 bridgehead atoms. The molecule has 4 nitrogen and oxygen atoms in total. The van der Waals surface area contributed by atoms with Crippen molar-refractivity contribution in [3.05, 3.63) is 0 Å². The molecule has 0 aromatic rings. The Morgan fingerprint density at radius 1 is 1.16 bits per heavy atom. The molecule has 2 aliphatic carbocycles. The zero-order valence-electron chi connectivity index (χ0n) is 11.4. The normalized spacial score (nSPS) is 34.4. The van der Waals surface area contributed by atoms with Crippen molar-refractivity contribution >= 4 is 23.6 Å². The summed E-state index contributed by atoms with van der Waals surface area (Å²) < 4.78 is 0. The fraction of sp³-hybridized carbons (Fsp3) is 0.857. The van der Waals surface area contributed by atoms with Gasteiger partial charge in [-0.1, -0.05) is 19.8 Å². The van der Waals surface area contributed by atoms with Gasteiger partial charge in [0.05, 0.1) is 11.8 Å². The Kier molecular flexibility index (Phi) is 5.13.